The van der Waals surface area contributed by atoms with Crippen molar-refractivity contribution in [3.8, 4) is 11.5 Å². The molecule has 1 fully saturated rings. The third-order valence-corrected chi connectivity index (χ3v) is 4.43. The number of nitrogens with zero attached hydrogens (tertiary/aromatic N) is 1. The van der Waals surface area contributed by atoms with Crippen LogP contribution < -0.4 is 15.0 Å². The van der Waals surface area contributed by atoms with Gasteiger partial charge in [0.25, 0.3) is 5.91 Å². The number of nitrogens with one attached hydrogen (secondary N) is 1. The quantitative estimate of drug-likeness (QED) is 0.352. The summed E-state index contributed by atoms with van der Waals surface area (Å²) < 4.78 is 63.5. The topological polar surface area (TPSA) is 71.0 Å². The summed E-state index contributed by atoms with van der Waals surface area (Å²) in [5.41, 5.74) is 0.206. The molecule has 2 atom stereocenters. The molecule has 6 nitrogen and oxygen atoms in total. The van der Waals surface area contributed by atoms with Crippen LogP contribution in [0.3, 0.4) is 0 Å². The Kier molecular flexibility index (Phi) is 5.91. The normalized spacial score (nSPS) is 20.0. The third kappa shape index (κ3) is 3.83. The summed E-state index contributed by atoms with van der Waals surface area (Å²) in [5, 5.41) is 8.78. The fourth-order valence-electron chi connectivity index (χ4n) is 2.80. The highest BCUT2D eigenvalue weighted by Crippen LogP contribution is 2.43. The number of likely N-dealkylation sites (tertiary alicyclic amines) is 1. The first-order valence-electron chi connectivity index (χ1n) is 7.36. The molecule has 1 aliphatic rings. The van der Waals surface area contributed by atoms with E-state index < -0.39 is 35.6 Å². The van der Waals surface area contributed by atoms with Crippen molar-refractivity contribution in [3.05, 3.63) is 23.3 Å². The van der Waals surface area contributed by atoms with Gasteiger partial charge in [-0.3, -0.25) is 10.0 Å². The van der Waals surface area contributed by atoms with E-state index in [1.807, 2.05) is 0 Å². The molecule has 144 valence electrons. The van der Waals surface area contributed by atoms with E-state index in [1.165, 1.54) is 18.7 Å². The largest absolute Gasteiger partial charge is 0.493 e. The second-order valence-corrected chi connectivity index (χ2v) is 5.93. The van der Waals surface area contributed by atoms with Gasteiger partial charge in [0.2, 0.25) is 0 Å². The summed E-state index contributed by atoms with van der Waals surface area (Å²) in [7, 11) is 2.24. The van der Waals surface area contributed by atoms with Gasteiger partial charge in [-0.15, -0.1) is 0 Å². The number of alkyl halides is 4. The molecule has 0 bridgehead atoms. The number of hydrogen-bond acceptors (Lipinski definition) is 5. The number of benzene rings is 1. The molecule has 11 heteroatoms. The van der Waals surface area contributed by atoms with Crippen LogP contribution in [0, 0.1) is 0 Å². The van der Waals surface area contributed by atoms with Gasteiger partial charge in [0, 0.05) is 12.0 Å². The van der Waals surface area contributed by atoms with Crippen molar-refractivity contribution in [2.75, 3.05) is 20.8 Å². The minimum atomic E-state index is -4.75. The Labute approximate surface area is 151 Å². The smallest absolute Gasteiger partial charge is 0.420 e. The van der Waals surface area contributed by atoms with E-state index in [9.17, 15) is 22.4 Å². The Bertz CT molecular complexity index is 714. The summed E-state index contributed by atoms with van der Waals surface area (Å²) in [4.78, 5) is 12.7. The Morgan fingerprint density at radius 1 is 1.35 bits per heavy atom. The lowest BCUT2D eigenvalue weighted by molar-refractivity contribution is -0.139. The Morgan fingerprint density at radius 3 is 2.50 bits per heavy atom. The summed E-state index contributed by atoms with van der Waals surface area (Å²) in [6.07, 6.45) is -6.41. The maximum Gasteiger partial charge on any atom is 0.420 e. The van der Waals surface area contributed by atoms with Crippen LogP contribution >= 0.6 is 12.2 Å². The van der Waals surface area contributed by atoms with Crippen molar-refractivity contribution in [2.45, 2.75) is 24.8 Å². The first kappa shape index (κ1) is 20.2. The van der Waals surface area contributed by atoms with Gasteiger partial charge < -0.3 is 14.4 Å². The minimum Gasteiger partial charge on any atom is -0.493 e. The van der Waals surface area contributed by atoms with Gasteiger partial charge in [-0.1, -0.05) is 12.2 Å². The number of halogens is 4. The zero-order valence-corrected chi connectivity index (χ0v) is 14.6. The van der Waals surface area contributed by atoms with Crippen LogP contribution in [0.4, 0.5) is 17.6 Å². The lowest BCUT2D eigenvalue weighted by Crippen LogP contribution is -2.44. The Morgan fingerprint density at radius 2 is 2.00 bits per heavy atom. The highest BCUT2D eigenvalue weighted by atomic mass is 32.1. The van der Waals surface area contributed by atoms with E-state index >= 15 is 0 Å². The zero-order valence-electron chi connectivity index (χ0n) is 13.8. The molecule has 1 aromatic rings. The van der Waals surface area contributed by atoms with Crippen molar-refractivity contribution in [1.82, 2.24) is 10.4 Å². The summed E-state index contributed by atoms with van der Waals surface area (Å²) in [5.74, 6) is -1.62. The number of hydrogen-bond donors (Lipinski definition) is 2. The van der Waals surface area contributed by atoms with Gasteiger partial charge in [-0.05, 0) is 12.1 Å². The van der Waals surface area contributed by atoms with Crippen molar-refractivity contribution < 1.29 is 37.0 Å². The van der Waals surface area contributed by atoms with E-state index in [2.05, 4.69) is 0 Å². The molecule has 0 saturated carbocycles. The molecule has 0 aliphatic carbocycles. The molecule has 0 radical (unpaired) electrons. The first-order valence-corrected chi connectivity index (χ1v) is 7.77. The van der Waals surface area contributed by atoms with Crippen LogP contribution in [0.2, 0.25) is 0 Å². The number of thiocarbonyl (C=S) groups is 1. The number of carbonyl (C=O) groups is 1. The van der Waals surface area contributed by atoms with Crippen LogP contribution in [0.15, 0.2) is 12.1 Å². The molecule has 1 aliphatic heterocycles. The van der Waals surface area contributed by atoms with E-state index in [0.717, 1.165) is 18.1 Å². The lowest BCUT2D eigenvalue weighted by Gasteiger charge is -2.26. The van der Waals surface area contributed by atoms with Gasteiger partial charge in [-0.25, -0.2) is 9.87 Å². The van der Waals surface area contributed by atoms with Crippen molar-refractivity contribution in [1.29, 1.82) is 0 Å². The fourth-order valence-corrected chi connectivity index (χ4v) is 3.12. The number of carbonyl (C=O) groups excluding carboxylic acids is 1. The molecule has 0 aromatic heterocycles. The highest BCUT2D eigenvalue weighted by Gasteiger charge is 2.40. The molecule has 1 aromatic carbocycles. The molecule has 1 saturated heterocycles. The van der Waals surface area contributed by atoms with Crippen molar-refractivity contribution >= 4 is 23.1 Å². The SMILES string of the molecule is COc1cc(C(=S)N2CC(F)CC2C(=O)NO)cc(C(F)(F)F)c1OC. The van der Waals surface area contributed by atoms with E-state index in [-0.39, 0.29) is 29.3 Å². The molecule has 1 heterocycles. The summed E-state index contributed by atoms with van der Waals surface area (Å²) in [6, 6.07) is 0.837. The molecular formula is C15H16F4N2O4S. The van der Waals surface area contributed by atoms with Gasteiger partial charge in [-0.2, -0.15) is 13.2 Å². The zero-order chi connectivity index (χ0) is 19.6. The van der Waals surface area contributed by atoms with E-state index in [4.69, 9.17) is 26.9 Å². The number of amides is 1. The van der Waals surface area contributed by atoms with Crippen molar-refractivity contribution in [3.63, 3.8) is 0 Å². The predicted octanol–water partition coefficient (Wildman–Crippen LogP) is 2.32. The number of methoxy groups -OCH3 is 2. The molecule has 2 rings (SSSR count). The highest BCUT2D eigenvalue weighted by molar-refractivity contribution is 7.80. The molecule has 2 unspecified atom stereocenters. The molecule has 2 N–H and O–H groups in total. The van der Waals surface area contributed by atoms with Gasteiger partial charge in [0.1, 0.15) is 22.8 Å². The molecular weight excluding hydrogens is 380 g/mol. The number of rotatable bonds is 4. The van der Waals surface area contributed by atoms with Crippen LogP contribution in [-0.2, 0) is 11.0 Å². The second-order valence-electron chi connectivity index (χ2n) is 5.54. The average molecular weight is 396 g/mol. The monoisotopic (exact) mass is 396 g/mol. The Balaban J connectivity index is 2.50. The molecule has 26 heavy (non-hydrogen) atoms. The third-order valence-electron chi connectivity index (χ3n) is 3.95. The minimum absolute atomic E-state index is 0.0881. The predicted molar refractivity (Wildman–Crippen MR) is 86.2 cm³/mol. The van der Waals surface area contributed by atoms with Gasteiger partial charge in [0.15, 0.2) is 11.5 Å². The number of hydroxylamine groups is 1. The average Bonchev–Trinajstić information content (AvgIpc) is 2.99. The fraction of sp³-hybridized carbons (Fsp3) is 0.467. The summed E-state index contributed by atoms with van der Waals surface area (Å²) in [6.45, 7) is -0.285. The van der Waals surface area contributed by atoms with Gasteiger partial charge >= 0.3 is 6.18 Å². The maximum absolute atomic E-state index is 13.7. The van der Waals surface area contributed by atoms with Crippen LogP contribution in [-0.4, -0.2) is 54.0 Å². The Hall–Kier alpha value is -2.14. The van der Waals surface area contributed by atoms with Crippen LogP contribution in [0.25, 0.3) is 0 Å². The van der Waals surface area contributed by atoms with Crippen LogP contribution in [0.1, 0.15) is 17.5 Å². The summed E-state index contributed by atoms with van der Waals surface area (Å²) >= 11 is 5.18. The second kappa shape index (κ2) is 7.62. The van der Waals surface area contributed by atoms with Crippen molar-refractivity contribution in [2.24, 2.45) is 0 Å². The van der Waals surface area contributed by atoms with E-state index in [1.54, 1.807) is 0 Å². The standard InChI is InChI=1S/C15H16F4N2O4S/c1-24-11-4-7(3-9(12(11)25-2)15(17,18)19)14(26)21-6-8(16)5-10(21)13(22)20-23/h3-4,8,10,23H,5-6H2,1-2H3,(H,20,22). The first-order chi connectivity index (χ1) is 12.1. The molecule has 0 spiro atoms. The lowest BCUT2D eigenvalue weighted by atomic mass is 10.1. The van der Waals surface area contributed by atoms with E-state index in [0.29, 0.717) is 0 Å². The number of ether oxygens (including phenoxy) is 2. The van der Waals surface area contributed by atoms with Crippen LogP contribution in [0.5, 0.6) is 11.5 Å². The van der Waals surface area contributed by atoms with Gasteiger partial charge in [0.05, 0.1) is 20.8 Å². The molecule has 1 amide bonds. The maximum atomic E-state index is 13.7.